The van der Waals surface area contributed by atoms with Gasteiger partial charge >= 0.3 is 0 Å². The van der Waals surface area contributed by atoms with Gasteiger partial charge in [0.25, 0.3) is 0 Å². The zero-order valence-corrected chi connectivity index (χ0v) is 13.1. The summed E-state index contributed by atoms with van der Waals surface area (Å²) in [5.41, 5.74) is 5.85. The van der Waals surface area contributed by atoms with E-state index in [0.717, 1.165) is 12.8 Å². The molecule has 2 aromatic rings. The molecule has 0 radical (unpaired) electrons. The lowest BCUT2D eigenvalue weighted by atomic mass is 9.66. The molecule has 0 atom stereocenters. The molecule has 2 aromatic carbocycles. The van der Waals surface area contributed by atoms with E-state index in [-0.39, 0.29) is 5.41 Å². The maximum atomic E-state index is 5.06. The molecule has 112 valence electrons. The number of hydrogen-bond acceptors (Lipinski definition) is 1. The third-order valence-corrected chi connectivity index (χ3v) is 5.43. The van der Waals surface area contributed by atoms with Gasteiger partial charge in [0.2, 0.25) is 0 Å². The molecule has 1 heterocycles. The van der Waals surface area contributed by atoms with Gasteiger partial charge in [0.05, 0.1) is 5.69 Å². The summed E-state index contributed by atoms with van der Waals surface area (Å²) in [5, 5.41) is 0. The molecule has 0 aromatic heterocycles. The van der Waals surface area contributed by atoms with Gasteiger partial charge in [-0.3, -0.25) is 4.99 Å². The maximum absolute atomic E-state index is 5.06. The van der Waals surface area contributed by atoms with Crippen molar-refractivity contribution in [1.29, 1.82) is 0 Å². The largest absolute Gasteiger partial charge is 0.257 e. The number of fused-ring (bicyclic) bond motifs is 2. The minimum absolute atomic E-state index is 0.254. The molecular formula is C21H23N. The van der Waals surface area contributed by atoms with Gasteiger partial charge < -0.3 is 0 Å². The minimum atomic E-state index is 0.254. The molecule has 1 spiro atoms. The van der Waals surface area contributed by atoms with E-state index >= 15 is 0 Å². The van der Waals surface area contributed by atoms with E-state index < -0.39 is 0 Å². The molecule has 22 heavy (non-hydrogen) atoms. The van der Waals surface area contributed by atoms with E-state index in [9.17, 15) is 0 Å². The van der Waals surface area contributed by atoms with Gasteiger partial charge in [-0.1, -0.05) is 67.8 Å². The Labute approximate surface area is 133 Å². The van der Waals surface area contributed by atoms with Crippen LogP contribution in [0.5, 0.6) is 0 Å². The van der Waals surface area contributed by atoms with Crippen LogP contribution >= 0.6 is 0 Å². The third-order valence-electron chi connectivity index (χ3n) is 5.43. The zero-order valence-electron chi connectivity index (χ0n) is 13.1. The lowest BCUT2D eigenvalue weighted by molar-refractivity contribution is 0.381. The molecule has 1 nitrogen and oxygen atoms in total. The van der Waals surface area contributed by atoms with Crippen LogP contribution < -0.4 is 0 Å². The molecule has 0 bridgehead atoms. The first-order valence-electron chi connectivity index (χ1n) is 8.60. The molecule has 2 aliphatic rings. The fraction of sp³-hybridized carbons (Fsp3) is 0.381. The highest BCUT2D eigenvalue weighted by molar-refractivity contribution is 6.02. The highest BCUT2D eigenvalue weighted by Gasteiger charge is 2.43. The molecule has 0 unspecified atom stereocenters. The molecule has 0 saturated heterocycles. The van der Waals surface area contributed by atoms with Crippen LogP contribution in [0.2, 0.25) is 0 Å². The summed E-state index contributed by atoms with van der Waals surface area (Å²) in [6.07, 6.45) is 8.86. The molecule has 0 N–H and O–H groups in total. The third kappa shape index (κ3) is 2.29. The Morgan fingerprint density at radius 2 is 1.50 bits per heavy atom. The highest BCUT2D eigenvalue weighted by atomic mass is 14.8. The van der Waals surface area contributed by atoms with Gasteiger partial charge in [-0.15, -0.1) is 0 Å². The second-order valence-electron chi connectivity index (χ2n) is 6.70. The summed E-state index contributed by atoms with van der Waals surface area (Å²) in [6, 6.07) is 19.7. The van der Waals surface area contributed by atoms with Gasteiger partial charge in [-0.05, 0) is 42.9 Å². The lowest BCUT2D eigenvalue weighted by Gasteiger charge is -2.36. The van der Waals surface area contributed by atoms with Crippen LogP contribution in [0.15, 0.2) is 59.6 Å². The maximum Gasteiger partial charge on any atom is 0.0670 e. The van der Waals surface area contributed by atoms with E-state index in [0.29, 0.717) is 0 Å². The van der Waals surface area contributed by atoms with Crippen molar-refractivity contribution in [2.24, 2.45) is 4.99 Å². The second-order valence-corrected chi connectivity index (χ2v) is 6.70. The van der Waals surface area contributed by atoms with Crippen molar-refractivity contribution >= 4 is 11.4 Å². The number of para-hydroxylation sites is 1. The normalized spacial score (nSPS) is 19.0. The number of rotatable bonds is 3. The number of aryl methyl sites for hydroxylation is 1. The molecule has 1 fully saturated rings. The average molecular weight is 289 g/mol. The standard InChI is InChI=1S/C21H23N/c1-3-9-17(10-4-1)13-14-20-21(15-7-2-8-16-21)18-11-5-6-12-19(18)22-20/h1,3-6,9-12H,2,7-8,13-16H2. The number of hydrogen-bond donors (Lipinski definition) is 0. The van der Waals surface area contributed by atoms with Crippen molar-refractivity contribution < 1.29 is 0 Å². The van der Waals surface area contributed by atoms with E-state index in [1.807, 2.05) is 0 Å². The van der Waals surface area contributed by atoms with Crippen molar-refractivity contribution in [2.45, 2.75) is 50.4 Å². The molecule has 4 rings (SSSR count). The van der Waals surface area contributed by atoms with Crippen molar-refractivity contribution in [3.63, 3.8) is 0 Å². The van der Waals surface area contributed by atoms with Gasteiger partial charge in [0.15, 0.2) is 0 Å². The predicted octanol–water partition coefficient (Wildman–Crippen LogP) is 5.61. The summed E-state index contributed by atoms with van der Waals surface area (Å²) in [6.45, 7) is 0. The molecular weight excluding hydrogens is 266 g/mol. The fourth-order valence-corrected chi connectivity index (χ4v) is 4.30. The van der Waals surface area contributed by atoms with Crippen LogP contribution in [0, 0.1) is 0 Å². The van der Waals surface area contributed by atoms with Crippen LogP contribution in [-0.4, -0.2) is 5.71 Å². The average Bonchev–Trinajstić information content (AvgIpc) is 2.88. The quantitative estimate of drug-likeness (QED) is 0.696. The summed E-state index contributed by atoms with van der Waals surface area (Å²) < 4.78 is 0. The van der Waals surface area contributed by atoms with Gasteiger partial charge in [0.1, 0.15) is 0 Å². The molecule has 1 aliphatic heterocycles. The van der Waals surface area contributed by atoms with Gasteiger partial charge in [-0.2, -0.15) is 0 Å². The Balaban J connectivity index is 1.63. The summed E-state index contributed by atoms with van der Waals surface area (Å²) in [4.78, 5) is 5.06. The first kappa shape index (κ1) is 13.8. The molecule has 1 heteroatoms. The summed E-state index contributed by atoms with van der Waals surface area (Å²) >= 11 is 0. The Morgan fingerprint density at radius 3 is 2.32 bits per heavy atom. The highest BCUT2D eigenvalue weighted by Crippen LogP contribution is 2.49. The van der Waals surface area contributed by atoms with E-state index in [1.165, 1.54) is 54.6 Å². The fourth-order valence-electron chi connectivity index (χ4n) is 4.30. The Hall–Kier alpha value is -1.89. The zero-order chi connectivity index (χ0) is 14.8. The van der Waals surface area contributed by atoms with Crippen molar-refractivity contribution in [2.75, 3.05) is 0 Å². The van der Waals surface area contributed by atoms with Crippen LogP contribution in [0.25, 0.3) is 0 Å². The van der Waals surface area contributed by atoms with E-state index in [4.69, 9.17) is 4.99 Å². The first-order chi connectivity index (χ1) is 10.9. The van der Waals surface area contributed by atoms with Crippen molar-refractivity contribution in [1.82, 2.24) is 0 Å². The summed E-state index contributed by atoms with van der Waals surface area (Å²) in [7, 11) is 0. The molecule has 1 aliphatic carbocycles. The Bertz CT molecular complexity index is 678. The minimum Gasteiger partial charge on any atom is -0.257 e. The predicted molar refractivity (Wildman–Crippen MR) is 93.1 cm³/mol. The van der Waals surface area contributed by atoms with Crippen LogP contribution in [0.3, 0.4) is 0 Å². The number of nitrogens with zero attached hydrogens (tertiary/aromatic N) is 1. The van der Waals surface area contributed by atoms with Crippen LogP contribution in [-0.2, 0) is 11.8 Å². The van der Waals surface area contributed by atoms with Crippen molar-refractivity contribution in [3.8, 4) is 0 Å². The van der Waals surface area contributed by atoms with E-state index in [2.05, 4.69) is 54.6 Å². The first-order valence-corrected chi connectivity index (χ1v) is 8.60. The lowest BCUT2D eigenvalue weighted by Crippen LogP contribution is -2.35. The Morgan fingerprint density at radius 1 is 0.773 bits per heavy atom. The van der Waals surface area contributed by atoms with Gasteiger partial charge in [0, 0.05) is 11.1 Å². The van der Waals surface area contributed by atoms with Crippen molar-refractivity contribution in [3.05, 3.63) is 65.7 Å². The summed E-state index contributed by atoms with van der Waals surface area (Å²) in [5.74, 6) is 0. The SMILES string of the molecule is c1ccc(CCC2=Nc3ccccc3C23CCCCC3)cc1. The molecule has 0 amide bonds. The smallest absolute Gasteiger partial charge is 0.0670 e. The topological polar surface area (TPSA) is 12.4 Å². The number of aliphatic imine (C=N–C) groups is 1. The van der Waals surface area contributed by atoms with Gasteiger partial charge in [-0.25, -0.2) is 0 Å². The number of benzene rings is 2. The second kappa shape index (κ2) is 5.72. The Kier molecular flexibility index (Phi) is 3.57. The van der Waals surface area contributed by atoms with Crippen LogP contribution in [0.1, 0.15) is 49.7 Å². The monoisotopic (exact) mass is 289 g/mol. The van der Waals surface area contributed by atoms with Crippen LogP contribution in [0.4, 0.5) is 5.69 Å². The molecule has 1 saturated carbocycles. The van der Waals surface area contributed by atoms with E-state index in [1.54, 1.807) is 0 Å².